The molecule has 2 aromatic carbocycles. The van der Waals surface area contributed by atoms with Gasteiger partial charge in [-0.25, -0.2) is 22.2 Å². The lowest BCUT2D eigenvalue weighted by atomic mass is 10.2. The van der Waals surface area contributed by atoms with Crippen molar-refractivity contribution in [2.24, 2.45) is 0 Å². The Bertz CT molecular complexity index is 1380. The molecule has 0 bridgehead atoms. The summed E-state index contributed by atoms with van der Waals surface area (Å²) in [5.41, 5.74) is -0.431. The van der Waals surface area contributed by atoms with Crippen LogP contribution in [-0.4, -0.2) is 25.5 Å². The van der Waals surface area contributed by atoms with Crippen LogP contribution in [0.25, 0.3) is 0 Å². The summed E-state index contributed by atoms with van der Waals surface area (Å²) in [7, 11) is 0. The molecule has 0 aliphatic rings. The zero-order chi connectivity index (χ0) is 24.4. The topological polar surface area (TPSA) is 74.0 Å². The number of nitrogens with one attached hydrogen (secondary N) is 1. The molecule has 0 saturated heterocycles. The molecule has 4 rings (SSSR count). The lowest BCUT2D eigenvalue weighted by molar-refractivity contribution is 0.102. The summed E-state index contributed by atoms with van der Waals surface area (Å²) in [4.78, 5) is 12.5. The molecule has 176 valence electrons. The molecule has 4 aromatic rings. The molecule has 34 heavy (non-hydrogen) atoms. The van der Waals surface area contributed by atoms with Gasteiger partial charge in [-0.3, -0.25) is 9.48 Å². The van der Waals surface area contributed by atoms with Crippen molar-refractivity contribution in [2.75, 3.05) is 5.32 Å². The van der Waals surface area contributed by atoms with E-state index in [0.717, 1.165) is 4.68 Å². The molecule has 7 nitrogen and oxygen atoms in total. The van der Waals surface area contributed by atoms with Crippen molar-refractivity contribution in [3.63, 3.8) is 0 Å². The molecule has 13 heteroatoms. The number of benzene rings is 2. The van der Waals surface area contributed by atoms with E-state index in [-0.39, 0.29) is 24.2 Å². The first-order chi connectivity index (χ1) is 16.2. The molecule has 0 fully saturated rings. The number of ether oxygens (including phenoxy) is 1. The minimum Gasteiger partial charge on any atom is -0.470 e. The molecule has 0 unspecified atom stereocenters. The second-order valence-electron chi connectivity index (χ2n) is 6.92. The van der Waals surface area contributed by atoms with Crippen molar-refractivity contribution in [3.8, 4) is 5.75 Å². The predicted octanol–water partition coefficient (Wildman–Crippen LogP) is 5.39. The van der Waals surface area contributed by atoms with Gasteiger partial charge in [0.15, 0.2) is 29.9 Å². The van der Waals surface area contributed by atoms with Gasteiger partial charge < -0.3 is 10.1 Å². The van der Waals surface area contributed by atoms with Crippen LogP contribution in [0.5, 0.6) is 5.75 Å². The van der Waals surface area contributed by atoms with Gasteiger partial charge in [0.1, 0.15) is 11.6 Å². The van der Waals surface area contributed by atoms with Gasteiger partial charge in [-0.2, -0.15) is 10.2 Å². The molecule has 0 atom stereocenters. The zero-order valence-electron chi connectivity index (χ0n) is 16.9. The molecule has 1 amide bonds. The van der Waals surface area contributed by atoms with Crippen molar-refractivity contribution in [3.05, 3.63) is 92.9 Å². The third-order valence-corrected chi connectivity index (χ3v) is 5.39. The molecule has 0 spiro atoms. The number of anilines is 1. The van der Waals surface area contributed by atoms with Gasteiger partial charge in [-0.15, -0.1) is 0 Å². The van der Waals surface area contributed by atoms with Crippen LogP contribution in [0.4, 0.5) is 23.2 Å². The van der Waals surface area contributed by atoms with Gasteiger partial charge in [-0.05, 0) is 40.2 Å². The SMILES string of the molecule is O=C(Nc1cnn(Cc2c(F)cc(F)c(F)c2F)c1)c1ccn(COc2ccc(Cl)cc2Br)n1. The summed E-state index contributed by atoms with van der Waals surface area (Å²) in [5, 5.41) is 11.1. The Morgan fingerprint density at radius 1 is 1.09 bits per heavy atom. The van der Waals surface area contributed by atoms with Gasteiger partial charge in [-0.1, -0.05) is 11.6 Å². The lowest BCUT2D eigenvalue weighted by Gasteiger charge is -2.08. The summed E-state index contributed by atoms with van der Waals surface area (Å²) in [5.74, 6) is -6.34. The minimum atomic E-state index is -1.78. The highest BCUT2D eigenvalue weighted by Gasteiger charge is 2.20. The van der Waals surface area contributed by atoms with E-state index in [0.29, 0.717) is 15.2 Å². The number of halogens is 6. The van der Waals surface area contributed by atoms with Crippen LogP contribution in [0.15, 0.2) is 53.4 Å². The summed E-state index contributed by atoms with van der Waals surface area (Å²) < 4.78 is 62.9. The van der Waals surface area contributed by atoms with Crippen molar-refractivity contribution < 1.29 is 27.1 Å². The fourth-order valence-electron chi connectivity index (χ4n) is 2.90. The van der Waals surface area contributed by atoms with E-state index in [1.165, 1.54) is 29.3 Å². The zero-order valence-corrected chi connectivity index (χ0v) is 19.2. The fourth-order valence-corrected chi connectivity index (χ4v) is 3.70. The number of carbonyl (C=O) groups is 1. The highest BCUT2D eigenvalue weighted by molar-refractivity contribution is 9.10. The summed E-state index contributed by atoms with van der Waals surface area (Å²) >= 11 is 9.23. The van der Waals surface area contributed by atoms with E-state index in [1.807, 2.05) is 0 Å². The quantitative estimate of drug-likeness (QED) is 0.188. The molecular formula is C21H13BrClF4N5O2. The van der Waals surface area contributed by atoms with Gasteiger partial charge in [0.2, 0.25) is 0 Å². The first-order valence-electron chi connectivity index (χ1n) is 9.48. The highest BCUT2D eigenvalue weighted by Crippen LogP contribution is 2.28. The first kappa shape index (κ1) is 23.8. The second-order valence-corrected chi connectivity index (χ2v) is 8.21. The molecule has 2 heterocycles. The number of nitrogens with zero attached hydrogens (tertiary/aromatic N) is 4. The van der Waals surface area contributed by atoms with Crippen LogP contribution in [0.2, 0.25) is 5.02 Å². The summed E-state index contributed by atoms with van der Waals surface area (Å²) in [6, 6.07) is 6.74. The minimum absolute atomic E-state index is 0.0246. The average Bonchev–Trinajstić information content (AvgIpc) is 3.44. The Hall–Kier alpha value is -3.38. The number of carbonyl (C=O) groups excluding carboxylic acids is 1. The third-order valence-electron chi connectivity index (χ3n) is 4.54. The predicted molar refractivity (Wildman–Crippen MR) is 118 cm³/mol. The average molecular weight is 559 g/mol. The lowest BCUT2D eigenvalue weighted by Crippen LogP contribution is -2.14. The maximum Gasteiger partial charge on any atom is 0.276 e. The Morgan fingerprint density at radius 3 is 2.65 bits per heavy atom. The Kier molecular flexibility index (Phi) is 6.89. The maximum atomic E-state index is 13.9. The van der Waals surface area contributed by atoms with E-state index in [9.17, 15) is 22.4 Å². The van der Waals surface area contributed by atoms with E-state index >= 15 is 0 Å². The summed E-state index contributed by atoms with van der Waals surface area (Å²) in [6.07, 6.45) is 4.04. The van der Waals surface area contributed by atoms with Crippen molar-refractivity contribution in [1.82, 2.24) is 19.6 Å². The Balaban J connectivity index is 1.38. The van der Waals surface area contributed by atoms with E-state index in [2.05, 4.69) is 31.4 Å². The van der Waals surface area contributed by atoms with Gasteiger partial charge in [0, 0.05) is 29.0 Å². The van der Waals surface area contributed by atoms with Gasteiger partial charge >= 0.3 is 0 Å². The Morgan fingerprint density at radius 2 is 1.88 bits per heavy atom. The molecule has 1 N–H and O–H groups in total. The van der Waals surface area contributed by atoms with Crippen molar-refractivity contribution in [1.29, 1.82) is 0 Å². The molecule has 2 aromatic heterocycles. The summed E-state index contributed by atoms with van der Waals surface area (Å²) in [6.45, 7) is -0.492. The van der Waals surface area contributed by atoms with Crippen LogP contribution < -0.4 is 10.1 Å². The van der Waals surface area contributed by atoms with E-state index in [1.54, 1.807) is 18.2 Å². The number of aromatic nitrogens is 4. The van der Waals surface area contributed by atoms with E-state index < -0.39 is 41.3 Å². The standard InChI is InChI=1S/C21H13BrClF4N5O2/c22-14-5-11(23)1-2-18(14)34-10-31-4-3-17(30-31)21(33)29-12-7-28-32(8-12)9-13-15(24)6-16(25)20(27)19(13)26/h1-8H,9-10H2,(H,29,33). The van der Waals surface area contributed by atoms with Crippen LogP contribution in [0.3, 0.4) is 0 Å². The van der Waals surface area contributed by atoms with Crippen LogP contribution in [0, 0.1) is 23.3 Å². The van der Waals surface area contributed by atoms with Gasteiger partial charge in [0.25, 0.3) is 5.91 Å². The van der Waals surface area contributed by atoms with Crippen molar-refractivity contribution >= 4 is 39.1 Å². The normalized spacial score (nSPS) is 11.0. The third kappa shape index (κ3) is 5.23. The first-order valence-corrected chi connectivity index (χ1v) is 10.7. The molecule has 0 aliphatic carbocycles. The number of hydrogen-bond donors (Lipinski definition) is 1. The fraction of sp³-hybridized carbons (Fsp3) is 0.0952. The van der Waals surface area contributed by atoms with Crippen LogP contribution in [0.1, 0.15) is 16.1 Å². The van der Waals surface area contributed by atoms with E-state index in [4.69, 9.17) is 16.3 Å². The number of rotatable bonds is 7. The van der Waals surface area contributed by atoms with Crippen LogP contribution >= 0.6 is 27.5 Å². The molecule has 0 saturated carbocycles. The number of hydrogen-bond acceptors (Lipinski definition) is 4. The number of amides is 1. The van der Waals surface area contributed by atoms with Crippen LogP contribution in [-0.2, 0) is 13.3 Å². The highest BCUT2D eigenvalue weighted by atomic mass is 79.9. The molecule has 0 radical (unpaired) electrons. The van der Waals surface area contributed by atoms with Gasteiger partial charge in [0.05, 0.1) is 22.9 Å². The monoisotopic (exact) mass is 557 g/mol. The smallest absolute Gasteiger partial charge is 0.276 e. The maximum absolute atomic E-state index is 13.9. The Labute approximate surface area is 203 Å². The molecule has 0 aliphatic heterocycles. The van der Waals surface area contributed by atoms with Crippen molar-refractivity contribution in [2.45, 2.75) is 13.3 Å². The largest absolute Gasteiger partial charge is 0.470 e. The second kappa shape index (κ2) is 9.85. The molecular weight excluding hydrogens is 546 g/mol.